The molecule has 1 aromatic rings. The lowest BCUT2D eigenvalue weighted by molar-refractivity contribution is -0.154. The van der Waals surface area contributed by atoms with Crippen LogP contribution in [0.1, 0.15) is 69.9 Å². The van der Waals surface area contributed by atoms with Gasteiger partial charge >= 0.3 is 11.9 Å². The molecule has 3 aliphatic rings. The normalized spacial score (nSPS) is 32.5. The van der Waals surface area contributed by atoms with Crippen molar-refractivity contribution in [2.45, 2.75) is 71.3 Å². The van der Waals surface area contributed by atoms with Crippen molar-refractivity contribution in [3.8, 4) is 5.75 Å². The highest BCUT2D eigenvalue weighted by atomic mass is 16.6. The maximum absolute atomic E-state index is 11.6. The Morgan fingerprint density at radius 2 is 2.00 bits per heavy atom. The second-order valence-corrected chi connectivity index (χ2v) is 9.09. The van der Waals surface area contributed by atoms with Crippen molar-refractivity contribution in [1.82, 2.24) is 0 Å². The summed E-state index contributed by atoms with van der Waals surface area (Å²) in [4.78, 5) is 23.1. The van der Waals surface area contributed by atoms with Crippen molar-refractivity contribution < 1.29 is 23.8 Å². The summed E-state index contributed by atoms with van der Waals surface area (Å²) in [6.07, 6.45) is 6.70. The van der Waals surface area contributed by atoms with Gasteiger partial charge in [-0.2, -0.15) is 0 Å². The second-order valence-electron chi connectivity index (χ2n) is 9.09. The number of aryl methyl sites for hydroxylation is 1. The maximum atomic E-state index is 11.6. The van der Waals surface area contributed by atoms with Crippen molar-refractivity contribution >= 4 is 11.9 Å². The Bertz CT molecular complexity index is 787. The van der Waals surface area contributed by atoms with E-state index in [1.54, 1.807) is 6.92 Å². The first-order valence-corrected chi connectivity index (χ1v) is 11.0. The molecule has 0 spiro atoms. The Kier molecular flexibility index (Phi) is 5.58. The Labute approximate surface area is 173 Å². The van der Waals surface area contributed by atoms with Crippen LogP contribution in [0.3, 0.4) is 0 Å². The third kappa shape index (κ3) is 3.76. The van der Waals surface area contributed by atoms with E-state index in [-0.39, 0.29) is 30.1 Å². The van der Waals surface area contributed by atoms with E-state index in [0.717, 1.165) is 37.9 Å². The third-order valence-corrected chi connectivity index (χ3v) is 7.58. The van der Waals surface area contributed by atoms with Crippen LogP contribution in [0.5, 0.6) is 5.75 Å². The Morgan fingerprint density at radius 1 is 1.17 bits per heavy atom. The molecule has 0 aliphatic heterocycles. The number of carbonyl (C=O) groups excluding carboxylic acids is 2. The zero-order chi connectivity index (χ0) is 20.6. The zero-order valence-corrected chi connectivity index (χ0v) is 17.7. The van der Waals surface area contributed by atoms with Crippen LogP contribution in [0.25, 0.3) is 0 Å². The number of rotatable bonds is 5. The minimum atomic E-state index is -0.333. The van der Waals surface area contributed by atoms with Gasteiger partial charge in [-0.25, -0.2) is 4.79 Å². The first kappa shape index (κ1) is 20.2. The van der Waals surface area contributed by atoms with E-state index in [1.807, 2.05) is 6.07 Å². The first-order chi connectivity index (χ1) is 13.9. The van der Waals surface area contributed by atoms with Crippen molar-refractivity contribution in [3.05, 3.63) is 29.3 Å². The highest BCUT2D eigenvalue weighted by Crippen LogP contribution is 2.61. The molecule has 0 N–H and O–H groups in total. The molecule has 5 nitrogen and oxygen atoms in total. The number of hydrogen-bond acceptors (Lipinski definition) is 5. The fraction of sp³-hybridized carbons (Fsp3) is 0.667. The average Bonchev–Trinajstić information content (AvgIpc) is 3.02. The van der Waals surface area contributed by atoms with Crippen molar-refractivity contribution in [2.75, 3.05) is 13.2 Å². The molecule has 2 fully saturated rings. The van der Waals surface area contributed by atoms with E-state index in [9.17, 15) is 9.59 Å². The lowest BCUT2D eigenvalue weighted by atomic mass is 9.55. The van der Waals surface area contributed by atoms with E-state index in [4.69, 9.17) is 14.2 Å². The molecule has 0 saturated heterocycles. The van der Waals surface area contributed by atoms with Crippen LogP contribution < -0.4 is 4.74 Å². The number of hydrogen-bond donors (Lipinski definition) is 0. The maximum Gasteiger partial charge on any atom is 0.344 e. The molecule has 0 aromatic heterocycles. The van der Waals surface area contributed by atoms with Gasteiger partial charge in [0.2, 0.25) is 0 Å². The van der Waals surface area contributed by atoms with Crippen LogP contribution >= 0.6 is 0 Å². The average molecular weight is 401 g/mol. The minimum Gasteiger partial charge on any atom is -0.482 e. The monoisotopic (exact) mass is 400 g/mol. The summed E-state index contributed by atoms with van der Waals surface area (Å²) in [6, 6.07) is 6.30. The molecular weight excluding hydrogens is 368 g/mol. The molecule has 158 valence electrons. The molecule has 0 amide bonds. The lowest BCUT2D eigenvalue weighted by Gasteiger charge is -2.50. The van der Waals surface area contributed by atoms with Crippen molar-refractivity contribution in [1.29, 1.82) is 0 Å². The third-order valence-electron chi connectivity index (χ3n) is 7.58. The van der Waals surface area contributed by atoms with Gasteiger partial charge in [-0.05, 0) is 86.5 Å². The van der Waals surface area contributed by atoms with Crippen molar-refractivity contribution in [2.24, 2.45) is 17.3 Å². The van der Waals surface area contributed by atoms with E-state index >= 15 is 0 Å². The van der Waals surface area contributed by atoms with Crippen LogP contribution in [0.4, 0.5) is 0 Å². The molecule has 0 heterocycles. The summed E-state index contributed by atoms with van der Waals surface area (Å²) < 4.78 is 16.3. The molecule has 2 saturated carbocycles. The number of carbonyl (C=O) groups is 2. The van der Waals surface area contributed by atoms with Gasteiger partial charge in [0.25, 0.3) is 0 Å². The summed E-state index contributed by atoms with van der Waals surface area (Å²) in [6.45, 7) is 5.99. The summed E-state index contributed by atoms with van der Waals surface area (Å²) in [5.74, 6) is 2.12. The van der Waals surface area contributed by atoms with Crippen LogP contribution in [0.2, 0.25) is 0 Å². The standard InChI is InChI=1S/C24H32O5/c1-4-27-23(26)14-28-17-6-8-18-16(13-17)5-7-20-19(18)11-12-24(3)21(20)9-10-22(24)29-15(2)25/h6,8,13,19-22H,4-5,7,9-12,14H2,1-3H3. The van der Waals surface area contributed by atoms with E-state index in [0.29, 0.717) is 24.4 Å². The van der Waals surface area contributed by atoms with E-state index < -0.39 is 0 Å². The quantitative estimate of drug-likeness (QED) is 0.685. The summed E-state index contributed by atoms with van der Waals surface area (Å²) in [5, 5.41) is 0. The molecule has 4 rings (SSSR count). The van der Waals surface area contributed by atoms with Gasteiger partial charge in [0.15, 0.2) is 6.61 Å². The van der Waals surface area contributed by atoms with Crippen LogP contribution in [-0.4, -0.2) is 31.3 Å². The van der Waals surface area contributed by atoms with Gasteiger partial charge in [-0.15, -0.1) is 0 Å². The Morgan fingerprint density at radius 3 is 2.76 bits per heavy atom. The highest BCUT2D eigenvalue weighted by molar-refractivity contribution is 5.71. The molecule has 5 atom stereocenters. The number of ether oxygens (including phenoxy) is 3. The predicted molar refractivity (Wildman–Crippen MR) is 109 cm³/mol. The lowest BCUT2D eigenvalue weighted by Crippen LogP contribution is -2.45. The van der Waals surface area contributed by atoms with Gasteiger partial charge in [0.05, 0.1) is 6.61 Å². The fourth-order valence-corrected chi connectivity index (χ4v) is 6.34. The highest BCUT2D eigenvalue weighted by Gasteiger charge is 2.56. The Balaban J connectivity index is 1.48. The van der Waals surface area contributed by atoms with E-state index in [2.05, 4.69) is 19.1 Å². The molecule has 5 heteroatoms. The smallest absolute Gasteiger partial charge is 0.344 e. The number of fused-ring (bicyclic) bond motifs is 5. The van der Waals surface area contributed by atoms with Crippen LogP contribution in [0, 0.1) is 17.3 Å². The molecule has 29 heavy (non-hydrogen) atoms. The van der Waals surface area contributed by atoms with Crippen molar-refractivity contribution in [3.63, 3.8) is 0 Å². The van der Waals surface area contributed by atoms with Gasteiger partial charge in [-0.3, -0.25) is 4.79 Å². The van der Waals surface area contributed by atoms with Gasteiger partial charge in [0, 0.05) is 12.3 Å². The molecule has 5 unspecified atom stereocenters. The predicted octanol–water partition coefficient (Wildman–Crippen LogP) is 4.42. The molecule has 1 aromatic carbocycles. The minimum absolute atomic E-state index is 0.0450. The summed E-state index contributed by atoms with van der Waals surface area (Å²) in [7, 11) is 0. The topological polar surface area (TPSA) is 61.8 Å². The molecular formula is C24H32O5. The zero-order valence-electron chi connectivity index (χ0n) is 17.7. The van der Waals surface area contributed by atoms with E-state index in [1.165, 1.54) is 24.5 Å². The van der Waals surface area contributed by atoms with Crippen LogP contribution in [-0.2, 0) is 25.5 Å². The van der Waals surface area contributed by atoms with Gasteiger partial charge in [0.1, 0.15) is 11.9 Å². The largest absolute Gasteiger partial charge is 0.482 e. The SMILES string of the molecule is CCOC(=O)COc1ccc2c(c1)CCC1C2CCC2(C)C(OC(C)=O)CCC12. The van der Waals surface area contributed by atoms with Crippen LogP contribution in [0.15, 0.2) is 18.2 Å². The number of esters is 2. The summed E-state index contributed by atoms with van der Waals surface area (Å²) in [5.41, 5.74) is 2.92. The van der Waals surface area contributed by atoms with Gasteiger partial charge in [-0.1, -0.05) is 13.0 Å². The summed E-state index contributed by atoms with van der Waals surface area (Å²) >= 11 is 0. The Hall–Kier alpha value is -2.04. The fourth-order valence-electron chi connectivity index (χ4n) is 6.34. The molecule has 3 aliphatic carbocycles. The first-order valence-electron chi connectivity index (χ1n) is 11.0. The molecule has 0 bridgehead atoms. The second kappa shape index (κ2) is 8.00. The van der Waals surface area contributed by atoms with Gasteiger partial charge < -0.3 is 14.2 Å². The number of benzene rings is 1. The molecule has 0 radical (unpaired) electrons.